The van der Waals surface area contributed by atoms with Crippen LogP contribution in [0.3, 0.4) is 0 Å². The van der Waals surface area contributed by atoms with Gasteiger partial charge in [-0.25, -0.2) is 16.8 Å². The number of allylic oxidation sites excluding steroid dienone is 5. The van der Waals surface area contributed by atoms with Gasteiger partial charge in [-0.15, -0.1) is 0 Å². The molecule has 2 aliphatic rings. The minimum Gasteiger partial charge on any atom is -0.222 e. The number of sulfone groups is 2. The lowest BCUT2D eigenvalue weighted by molar-refractivity contribution is 0.477. The third-order valence-corrected chi connectivity index (χ3v) is 14.8. The van der Waals surface area contributed by atoms with Gasteiger partial charge in [0.15, 0.2) is 23.8 Å². The Balaban J connectivity index is 1.78. The van der Waals surface area contributed by atoms with E-state index in [0.717, 1.165) is 47.1 Å². The summed E-state index contributed by atoms with van der Waals surface area (Å²) in [6.45, 7) is 10.9. The molecule has 0 saturated heterocycles. The van der Waals surface area contributed by atoms with Crippen molar-refractivity contribution in [2.24, 2.45) is 11.8 Å². The monoisotopic (exact) mass is 600 g/mol. The number of rotatable bonds is 9. The highest BCUT2D eigenvalue weighted by Crippen LogP contribution is 2.60. The molecule has 0 heterocycles. The lowest BCUT2D eigenvalue weighted by Crippen LogP contribution is -2.44. The predicted octanol–water partition coefficient (Wildman–Crippen LogP) is 8.29. The molecule has 0 aliphatic heterocycles. The Bertz CT molecular complexity index is 1660. The molecule has 0 aromatic heterocycles. The zero-order chi connectivity index (χ0) is 30.1. The van der Waals surface area contributed by atoms with Gasteiger partial charge in [-0.3, -0.25) is 0 Å². The fourth-order valence-electron chi connectivity index (χ4n) is 7.06. The second kappa shape index (κ2) is 11.8. The van der Waals surface area contributed by atoms with Crippen LogP contribution in [-0.4, -0.2) is 20.9 Å². The second-order valence-corrected chi connectivity index (χ2v) is 16.6. The fourth-order valence-corrected chi connectivity index (χ4v) is 12.3. The predicted molar refractivity (Wildman–Crippen MR) is 170 cm³/mol. The minimum atomic E-state index is -4.32. The van der Waals surface area contributed by atoms with Crippen molar-refractivity contribution in [3.8, 4) is 0 Å². The Morgan fingerprint density at radius 1 is 0.762 bits per heavy atom. The van der Waals surface area contributed by atoms with Crippen molar-refractivity contribution in [1.29, 1.82) is 0 Å². The number of hydrogen-bond donors (Lipinski definition) is 0. The zero-order valence-electron chi connectivity index (χ0n) is 24.7. The van der Waals surface area contributed by atoms with Crippen molar-refractivity contribution in [2.75, 3.05) is 0 Å². The van der Waals surface area contributed by atoms with Gasteiger partial charge >= 0.3 is 0 Å². The summed E-state index contributed by atoms with van der Waals surface area (Å²) in [4.78, 5) is 0.0759. The van der Waals surface area contributed by atoms with E-state index in [4.69, 9.17) is 0 Å². The standard InChI is InChI=1S/C36H40O4S2/c1-5-6-22-31-32(23-28-16-10-7-11-17-28)34-25-36(24-33(34)27(4)35(31)26(2)3,41(37,38)29-18-12-8-13-19-29)42(39,40)30-20-14-9-15-21-30/h7-21,33-34H,4-6,22-25H2,1-3H3/t33-,34+/m1/s1. The fraction of sp³-hybridized carbons (Fsp3) is 0.333. The van der Waals surface area contributed by atoms with E-state index in [1.807, 2.05) is 18.2 Å². The summed E-state index contributed by atoms with van der Waals surface area (Å²) >= 11 is 0. The summed E-state index contributed by atoms with van der Waals surface area (Å²) in [6, 6.07) is 26.4. The first-order valence-corrected chi connectivity index (χ1v) is 17.7. The van der Waals surface area contributed by atoms with Gasteiger partial charge in [0, 0.05) is 0 Å². The summed E-state index contributed by atoms with van der Waals surface area (Å²) in [5.41, 5.74) is 6.62. The quantitative estimate of drug-likeness (QED) is 0.248. The van der Waals surface area contributed by atoms with Crippen LogP contribution in [0.4, 0.5) is 0 Å². The summed E-state index contributed by atoms with van der Waals surface area (Å²) < 4.78 is 56.9. The SMILES string of the molecule is C=C1C(=C(C)C)C(CCCC)=C(Cc2ccccc2)[C@@H]2CC(S(=O)(=O)c3ccccc3)(S(=O)(=O)c3ccccc3)C[C@H]12. The number of hydrogen-bond acceptors (Lipinski definition) is 4. The molecule has 220 valence electrons. The molecule has 0 N–H and O–H groups in total. The molecule has 4 nitrogen and oxygen atoms in total. The van der Waals surface area contributed by atoms with Crippen LogP contribution in [0, 0.1) is 11.8 Å². The van der Waals surface area contributed by atoms with Crippen LogP contribution in [0.5, 0.6) is 0 Å². The molecule has 0 radical (unpaired) electrons. The van der Waals surface area contributed by atoms with Gasteiger partial charge in [0.2, 0.25) is 0 Å². The van der Waals surface area contributed by atoms with Crippen LogP contribution >= 0.6 is 0 Å². The molecule has 6 heteroatoms. The summed E-state index contributed by atoms with van der Waals surface area (Å²) in [7, 11) is -8.65. The molecule has 1 saturated carbocycles. The first-order valence-electron chi connectivity index (χ1n) is 14.8. The minimum absolute atomic E-state index is 0.00102. The van der Waals surface area contributed by atoms with Gasteiger partial charge in [0.1, 0.15) is 0 Å². The van der Waals surface area contributed by atoms with Crippen molar-refractivity contribution < 1.29 is 16.8 Å². The van der Waals surface area contributed by atoms with E-state index in [1.165, 1.54) is 29.8 Å². The number of benzene rings is 3. The molecule has 0 bridgehead atoms. The van der Waals surface area contributed by atoms with Gasteiger partial charge in [0.25, 0.3) is 0 Å². The first kappa shape index (κ1) is 30.2. The van der Waals surface area contributed by atoms with Gasteiger partial charge in [-0.1, -0.05) is 97.8 Å². The van der Waals surface area contributed by atoms with Crippen LogP contribution in [0.15, 0.2) is 135 Å². The number of fused-ring (bicyclic) bond motifs is 1. The maximum Gasteiger partial charge on any atom is 0.198 e. The molecule has 0 amide bonds. The molecule has 3 aromatic rings. The highest BCUT2D eigenvalue weighted by atomic mass is 32.3. The normalized spacial score (nSPS) is 20.5. The number of unbranched alkanes of at least 4 members (excludes halogenated alkanes) is 1. The lowest BCUT2D eigenvalue weighted by atomic mass is 9.68. The maximum atomic E-state index is 14.7. The molecular weight excluding hydrogens is 561 g/mol. The highest BCUT2D eigenvalue weighted by molar-refractivity contribution is 8.10. The smallest absolute Gasteiger partial charge is 0.198 e. The van der Waals surface area contributed by atoms with Crippen LogP contribution in [0.1, 0.15) is 58.4 Å². The van der Waals surface area contributed by atoms with E-state index in [-0.39, 0.29) is 34.5 Å². The Hall–Kier alpha value is -3.22. The molecule has 5 rings (SSSR count). The van der Waals surface area contributed by atoms with E-state index < -0.39 is 23.8 Å². The van der Waals surface area contributed by atoms with Gasteiger partial charge in [-0.05, 0) is 104 Å². The van der Waals surface area contributed by atoms with Crippen LogP contribution in [0.2, 0.25) is 0 Å². The zero-order valence-corrected chi connectivity index (χ0v) is 26.3. The van der Waals surface area contributed by atoms with Crippen LogP contribution in [0.25, 0.3) is 0 Å². The highest BCUT2D eigenvalue weighted by Gasteiger charge is 2.64. The molecule has 3 aromatic carbocycles. The third kappa shape index (κ3) is 5.03. The topological polar surface area (TPSA) is 68.3 Å². The van der Waals surface area contributed by atoms with Crippen LogP contribution in [-0.2, 0) is 26.1 Å². The largest absolute Gasteiger partial charge is 0.222 e. The molecular formula is C36H40O4S2. The molecule has 0 spiro atoms. The second-order valence-electron chi connectivity index (χ2n) is 11.8. The van der Waals surface area contributed by atoms with Crippen LogP contribution < -0.4 is 0 Å². The van der Waals surface area contributed by atoms with E-state index in [0.29, 0.717) is 6.42 Å². The summed E-state index contributed by atoms with van der Waals surface area (Å²) in [5.74, 6) is -0.569. The van der Waals surface area contributed by atoms with E-state index >= 15 is 0 Å². The molecule has 0 unspecified atom stereocenters. The Morgan fingerprint density at radius 2 is 1.24 bits per heavy atom. The van der Waals surface area contributed by atoms with E-state index in [2.05, 4.69) is 39.5 Å². The van der Waals surface area contributed by atoms with Crippen molar-refractivity contribution in [3.63, 3.8) is 0 Å². The summed E-state index contributed by atoms with van der Waals surface area (Å²) in [6.07, 6.45) is 3.49. The third-order valence-electron chi connectivity index (χ3n) is 9.06. The first-order chi connectivity index (χ1) is 20.0. The Morgan fingerprint density at radius 3 is 1.71 bits per heavy atom. The van der Waals surface area contributed by atoms with E-state index in [1.54, 1.807) is 36.4 Å². The Kier molecular flexibility index (Phi) is 8.51. The Labute approximate surface area is 251 Å². The maximum absolute atomic E-state index is 14.7. The van der Waals surface area contributed by atoms with Gasteiger partial charge in [-0.2, -0.15) is 0 Å². The van der Waals surface area contributed by atoms with Crippen molar-refractivity contribution in [3.05, 3.63) is 131 Å². The van der Waals surface area contributed by atoms with Crippen molar-refractivity contribution >= 4 is 19.7 Å². The van der Waals surface area contributed by atoms with Crippen molar-refractivity contribution in [2.45, 2.75) is 73.2 Å². The molecule has 42 heavy (non-hydrogen) atoms. The van der Waals surface area contributed by atoms with Gasteiger partial charge in [0.05, 0.1) is 9.79 Å². The molecule has 1 fully saturated rings. The lowest BCUT2D eigenvalue weighted by Gasteiger charge is -2.36. The molecule has 2 atom stereocenters. The molecule has 2 aliphatic carbocycles. The summed E-state index contributed by atoms with van der Waals surface area (Å²) in [5, 5.41) is 0. The average Bonchev–Trinajstić information content (AvgIpc) is 3.43. The van der Waals surface area contributed by atoms with Crippen molar-refractivity contribution in [1.82, 2.24) is 0 Å². The average molecular weight is 601 g/mol. The van der Waals surface area contributed by atoms with Gasteiger partial charge < -0.3 is 0 Å². The van der Waals surface area contributed by atoms with E-state index in [9.17, 15) is 16.8 Å².